The van der Waals surface area contributed by atoms with Crippen LogP contribution in [0.1, 0.15) is 19.8 Å². The van der Waals surface area contributed by atoms with Gasteiger partial charge in [-0.2, -0.15) is 0 Å². The van der Waals surface area contributed by atoms with E-state index in [1.165, 1.54) is 0 Å². The average Bonchev–Trinajstić information content (AvgIpc) is 2.46. The second-order valence-electron chi connectivity index (χ2n) is 4.84. The Bertz CT molecular complexity index is 306. The monoisotopic (exact) mass is 287 g/mol. The molecule has 0 radical (unpaired) electrons. The maximum absolute atomic E-state index is 11.7. The molecule has 1 aliphatic rings. The molecule has 3 N–H and O–H groups in total. The summed E-state index contributed by atoms with van der Waals surface area (Å²) in [5.41, 5.74) is 0. The summed E-state index contributed by atoms with van der Waals surface area (Å²) in [5.74, 6) is -0.227. The van der Waals surface area contributed by atoms with E-state index in [1.807, 2.05) is 0 Å². The zero-order valence-electron chi connectivity index (χ0n) is 12.2. The number of methoxy groups -OCH3 is 1. The Labute approximate surface area is 119 Å². The second kappa shape index (κ2) is 9.68. The fraction of sp³-hybridized carbons (Fsp3) is 0.846. The lowest BCUT2D eigenvalue weighted by atomic mass is 10.1. The number of nitrogens with one attached hydrogen (secondary N) is 3. The Morgan fingerprint density at radius 1 is 1.35 bits per heavy atom. The molecule has 20 heavy (non-hydrogen) atoms. The number of carbonyl (C=O) groups excluding carboxylic acids is 2. The Balaban J connectivity index is 2.13. The van der Waals surface area contributed by atoms with E-state index in [0.717, 1.165) is 12.8 Å². The van der Waals surface area contributed by atoms with E-state index in [1.54, 1.807) is 14.0 Å². The molecule has 1 fully saturated rings. The predicted molar refractivity (Wildman–Crippen MR) is 74.3 cm³/mol. The van der Waals surface area contributed by atoms with Crippen molar-refractivity contribution in [3.8, 4) is 0 Å². The Hall–Kier alpha value is -1.18. The maximum Gasteiger partial charge on any atom is 0.236 e. The number of amides is 2. The summed E-state index contributed by atoms with van der Waals surface area (Å²) in [6, 6.07) is -0.226. The number of hydrogen-bond donors (Lipinski definition) is 3. The minimum Gasteiger partial charge on any atom is -0.383 e. The molecule has 1 heterocycles. The van der Waals surface area contributed by atoms with E-state index in [4.69, 9.17) is 9.47 Å². The van der Waals surface area contributed by atoms with Crippen LogP contribution in [0.15, 0.2) is 0 Å². The van der Waals surface area contributed by atoms with Crippen LogP contribution in [-0.2, 0) is 19.1 Å². The number of hydrogen-bond acceptors (Lipinski definition) is 5. The maximum atomic E-state index is 11.7. The van der Waals surface area contributed by atoms with Crippen molar-refractivity contribution >= 4 is 11.8 Å². The molecule has 0 aromatic heterocycles. The summed E-state index contributed by atoms with van der Waals surface area (Å²) in [6.45, 7) is 4.19. The van der Waals surface area contributed by atoms with Crippen LogP contribution in [0.5, 0.6) is 0 Å². The summed E-state index contributed by atoms with van der Waals surface area (Å²) in [7, 11) is 1.58. The van der Waals surface area contributed by atoms with E-state index in [0.29, 0.717) is 26.4 Å². The van der Waals surface area contributed by atoms with Gasteiger partial charge in [-0.25, -0.2) is 0 Å². The normalized spacial score (nSPS) is 17.5. The molecule has 0 aliphatic carbocycles. The van der Waals surface area contributed by atoms with Crippen LogP contribution < -0.4 is 16.0 Å². The fourth-order valence-electron chi connectivity index (χ4n) is 1.89. The van der Waals surface area contributed by atoms with Gasteiger partial charge >= 0.3 is 0 Å². The molecule has 7 nitrogen and oxygen atoms in total. The summed E-state index contributed by atoms with van der Waals surface area (Å²) < 4.78 is 10.1. The zero-order valence-corrected chi connectivity index (χ0v) is 12.2. The topological polar surface area (TPSA) is 88.7 Å². The van der Waals surface area contributed by atoms with Gasteiger partial charge in [-0.05, 0) is 19.8 Å². The van der Waals surface area contributed by atoms with Crippen LogP contribution in [0.25, 0.3) is 0 Å². The second-order valence-corrected chi connectivity index (χ2v) is 4.84. The first kappa shape index (κ1) is 16.9. The van der Waals surface area contributed by atoms with Crippen LogP contribution in [0.4, 0.5) is 0 Å². The van der Waals surface area contributed by atoms with Crippen molar-refractivity contribution < 1.29 is 19.1 Å². The molecule has 1 saturated heterocycles. The highest BCUT2D eigenvalue weighted by Gasteiger charge is 2.17. The molecule has 1 unspecified atom stereocenters. The zero-order chi connectivity index (χ0) is 14.8. The molecule has 0 aromatic carbocycles. The third-order valence-corrected chi connectivity index (χ3v) is 3.15. The van der Waals surface area contributed by atoms with Crippen molar-refractivity contribution in [2.45, 2.75) is 31.8 Å². The van der Waals surface area contributed by atoms with Gasteiger partial charge in [-0.15, -0.1) is 0 Å². The van der Waals surface area contributed by atoms with Crippen LogP contribution in [0.2, 0.25) is 0 Å². The highest BCUT2D eigenvalue weighted by atomic mass is 16.5. The Morgan fingerprint density at radius 2 is 2.05 bits per heavy atom. The van der Waals surface area contributed by atoms with Gasteiger partial charge in [0.2, 0.25) is 11.8 Å². The molecule has 0 bridgehead atoms. The lowest BCUT2D eigenvalue weighted by molar-refractivity contribution is -0.124. The minimum atomic E-state index is -0.410. The largest absolute Gasteiger partial charge is 0.383 e. The van der Waals surface area contributed by atoms with Crippen LogP contribution in [0.3, 0.4) is 0 Å². The molecular weight excluding hydrogens is 262 g/mol. The molecule has 1 atom stereocenters. The Kier molecular flexibility index (Phi) is 8.17. The van der Waals surface area contributed by atoms with Gasteiger partial charge in [0.25, 0.3) is 0 Å². The van der Waals surface area contributed by atoms with Gasteiger partial charge in [0.1, 0.15) is 0 Å². The summed E-state index contributed by atoms with van der Waals surface area (Å²) in [5, 5.41) is 8.55. The van der Waals surface area contributed by atoms with Gasteiger partial charge in [0.15, 0.2) is 0 Å². The third-order valence-electron chi connectivity index (χ3n) is 3.15. The SMILES string of the molecule is COCCNC(=O)C(C)NCC(=O)NC1CCOCC1. The number of rotatable bonds is 8. The molecule has 116 valence electrons. The average molecular weight is 287 g/mol. The summed E-state index contributed by atoms with van der Waals surface area (Å²) in [6.07, 6.45) is 1.69. The van der Waals surface area contributed by atoms with Crippen LogP contribution >= 0.6 is 0 Å². The first-order chi connectivity index (χ1) is 9.63. The van der Waals surface area contributed by atoms with Crippen molar-refractivity contribution in [2.75, 3.05) is 40.0 Å². The van der Waals surface area contributed by atoms with E-state index in [9.17, 15) is 9.59 Å². The first-order valence-corrected chi connectivity index (χ1v) is 7.00. The molecular formula is C13H25N3O4. The van der Waals surface area contributed by atoms with E-state index in [2.05, 4.69) is 16.0 Å². The van der Waals surface area contributed by atoms with Crippen LogP contribution in [-0.4, -0.2) is 63.9 Å². The molecule has 2 amide bonds. The third kappa shape index (κ3) is 6.83. The van der Waals surface area contributed by atoms with Crippen LogP contribution in [0, 0.1) is 0 Å². The van der Waals surface area contributed by atoms with E-state index in [-0.39, 0.29) is 24.4 Å². The minimum absolute atomic E-state index is 0.0894. The number of ether oxygens (including phenoxy) is 2. The van der Waals surface area contributed by atoms with Gasteiger partial charge in [0, 0.05) is 32.9 Å². The van der Waals surface area contributed by atoms with Gasteiger partial charge in [-0.3, -0.25) is 14.9 Å². The number of carbonyl (C=O) groups is 2. The lowest BCUT2D eigenvalue weighted by Gasteiger charge is -2.23. The Morgan fingerprint density at radius 3 is 2.70 bits per heavy atom. The standard InChI is InChI=1S/C13H25N3O4/c1-10(13(18)14-5-8-19-2)15-9-12(17)16-11-3-6-20-7-4-11/h10-11,15H,3-9H2,1-2H3,(H,14,18)(H,16,17). The highest BCUT2D eigenvalue weighted by molar-refractivity contribution is 5.83. The molecule has 7 heteroatoms. The quantitative estimate of drug-likeness (QED) is 0.500. The molecule has 0 aromatic rings. The highest BCUT2D eigenvalue weighted by Crippen LogP contribution is 2.05. The fourth-order valence-corrected chi connectivity index (χ4v) is 1.89. The lowest BCUT2D eigenvalue weighted by Crippen LogP contribution is -2.48. The van der Waals surface area contributed by atoms with Crippen molar-refractivity contribution in [3.05, 3.63) is 0 Å². The predicted octanol–water partition coefficient (Wildman–Crippen LogP) is -0.978. The van der Waals surface area contributed by atoms with Gasteiger partial charge in [0.05, 0.1) is 19.2 Å². The molecule has 0 saturated carbocycles. The van der Waals surface area contributed by atoms with Crippen molar-refractivity contribution in [2.24, 2.45) is 0 Å². The molecule has 0 spiro atoms. The van der Waals surface area contributed by atoms with Gasteiger partial charge < -0.3 is 20.1 Å². The van der Waals surface area contributed by atoms with Crippen molar-refractivity contribution in [1.29, 1.82) is 0 Å². The molecule has 1 rings (SSSR count). The van der Waals surface area contributed by atoms with Crippen molar-refractivity contribution in [3.63, 3.8) is 0 Å². The first-order valence-electron chi connectivity index (χ1n) is 7.00. The molecule has 1 aliphatic heterocycles. The van der Waals surface area contributed by atoms with E-state index < -0.39 is 6.04 Å². The van der Waals surface area contributed by atoms with Gasteiger partial charge in [-0.1, -0.05) is 0 Å². The smallest absolute Gasteiger partial charge is 0.236 e. The van der Waals surface area contributed by atoms with E-state index >= 15 is 0 Å². The summed E-state index contributed by atoms with van der Waals surface area (Å²) >= 11 is 0. The van der Waals surface area contributed by atoms with Crippen molar-refractivity contribution in [1.82, 2.24) is 16.0 Å². The summed E-state index contributed by atoms with van der Waals surface area (Å²) in [4.78, 5) is 23.4.